The van der Waals surface area contributed by atoms with Crippen molar-refractivity contribution in [3.05, 3.63) is 101 Å². The molecule has 0 heterocycles. The number of ether oxygens (including phenoxy) is 1. The Hall–Kier alpha value is -2.43. The minimum Gasteiger partial charge on any atom is -0.466 e. The van der Waals surface area contributed by atoms with Crippen LogP contribution in [0.15, 0.2) is 78.9 Å². The van der Waals surface area contributed by atoms with E-state index in [0.29, 0.717) is 0 Å². The zero-order valence-electron chi connectivity index (χ0n) is 19.8. The maximum absolute atomic E-state index is 13.4. The third-order valence-electron chi connectivity index (χ3n) is 5.20. The summed E-state index contributed by atoms with van der Waals surface area (Å²) in [7, 11) is -3.89. The van der Waals surface area contributed by atoms with E-state index in [1.54, 1.807) is 0 Å². The molecule has 0 N–H and O–H groups in total. The van der Waals surface area contributed by atoms with Crippen LogP contribution in [0.5, 0.6) is 5.75 Å². The van der Waals surface area contributed by atoms with Gasteiger partial charge in [-0.15, -0.1) is 0 Å². The minimum atomic E-state index is -3.89. The fraction of sp³-hybridized carbons (Fsp3) is 0.333. The normalized spacial score (nSPS) is 11.8. The Morgan fingerprint density at radius 1 is 0.636 bits per heavy atom. The second kappa shape index (κ2) is 12.2. The lowest BCUT2D eigenvalue weighted by atomic mass is 9.94. The molecule has 0 aliphatic rings. The Morgan fingerprint density at radius 3 is 1.52 bits per heavy atom. The summed E-state index contributed by atoms with van der Waals surface area (Å²) in [6, 6.07) is 25.1. The van der Waals surface area contributed by atoms with Crippen molar-refractivity contribution < 1.29 is 22.9 Å². The third kappa shape index (κ3) is 7.55. The summed E-state index contributed by atoms with van der Waals surface area (Å²) >= 11 is 0. The highest BCUT2D eigenvalue weighted by Gasteiger charge is 2.28. The number of para-hydroxylation sites is 1. The highest BCUT2D eigenvalue weighted by atomic mass is 31.2. The molecule has 0 radical (unpaired) electrons. The van der Waals surface area contributed by atoms with Gasteiger partial charge in [0.05, 0.1) is 13.2 Å². The molecule has 33 heavy (non-hydrogen) atoms. The van der Waals surface area contributed by atoms with Crippen LogP contribution in [-0.4, -0.2) is 6.79 Å². The zero-order valence-corrected chi connectivity index (χ0v) is 20.7. The number of phosphoric ester groups is 1. The van der Waals surface area contributed by atoms with Gasteiger partial charge in [0.1, 0.15) is 5.75 Å². The van der Waals surface area contributed by atoms with Crippen LogP contribution < -0.4 is 4.74 Å². The predicted molar refractivity (Wildman–Crippen MR) is 131 cm³/mol. The Balaban J connectivity index is 1.72. The molecule has 0 aromatic heterocycles. The van der Waals surface area contributed by atoms with E-state index >= 15 is 0 Å². The molecule has 176 valence electrons. The molecule has 0 aliphatic heterocycles. The molecular weight excluding hydrogens is 435 g/mol. The van der Waals surface area contributed by atoms with Crippen LogP contribution in [0.1, 0.15) is 61.8 Å². The number of benzene rings is 3. The SMILES string of the molecule is CC(C)c1cccc(C(C)C)c1OCOP(=O)(OCc1ccccc1)OCc1ccccc1. The summed E-state index contributed by atoms with van der Waals surface area (Å²) in [5, 5.41) is 0. The van der Waals surface area contributed by atoms with Crippen molar-refractivity contribution in [2.75, 3.05) is 6.79 Å². The molecule has 6 heteroatoms. The van der Waals surface area contributed by atoms with Crippen LogP contribution in [0.25, 0.3) is 0 Å². The fourth-order valence-electron chi connectivity index (χ4n) is 3.37. The Morgan fingerprint density at radius 2 is 1.09 bits per heavy atom. The maximum Gasteiger partial charge on any atom is 0.478 e. The lowest BCUT2D eigenvalue weighted by Crippen LogP contribution is -2.09. The summed E-state index contributed by atoms with van der Waals surface area (Å²) in [6.45, 7) is 8.42. The van der Waals surface area contributed by atoms with Gasteiger partial charge < -0.3 is 4.74 Å². The molecule has 0 amide bonds. The fourth-order valence-corrected chi connectivity index (χ4v) is 4.39. The largest absolute Gasteiger partial charge is 0.478 e. The molecule has 0 saturated carbocycles. The van der Waals surface area contributed by atoms with Crippen molar-refractivity contribution in [1.82, 2.24) is 0 Å². The van der Waals surface area contributed by atoms with Crippen LogP contribution in [-0.2, 0) is 31.4 Å². The first-order valence-electron chi connectivity index (χ1n) is 11.2. The van der Waals surface area contributed by atoms with E-state index in [2.05, 4.69) is 27.7 Å². The summed E-state index contributed by atoms with van der Waals surface area (Å²) in [5.41, 5.74) is 3.90. The molecular formula is C27H33O5P. The van der Waals surface area contributed by atoms with E-state index in [0.717, 1.165) is 28.0 Å². The monoisotopic (exact) mass is 468 g/mol. The van der Waals surface area contributed by atoms with E-state index in [1.165, 1.54) is 0 Å². The van der Waals surface area contributed by atoms with Crippen molar-refractivity contribution in [3.8, 4) is 5.75 Å². The predicted octanol–water partition coefficient (Wildman–Crippen LogP) is 7.83. The molecule has 0 saturated heterocycles. The maximum atomic E-state index is 13.4. The summed E-state index contributed by atoms with van der Waals surface area (Å²) in [5.74, 6) is 1.31. The summed E-state index contributed by atoms with van der Waals surface area (Å²) in [4.78, 5) is 0. The molecule has 3 rings (SSSR count). The standard InChI is InChI=1S/C27H33O5P/c1-21(2)25-16-11-17-26(22(3)4)27(25)29-20-32-33(28,30-18-23-12-7-5-8-13-23)31-19-24-14-9-6-10-15-24/h5-17,21-22H,18-20H2,1-4H3. The van der Waals surface area contributed by atoms with Gasteiger partial charge in [0.2, 0.25) is 0 Å². The van der Waals surface area contributed by atoms with Crippen LogP contribution in [0.2, 0.25) is 0 Å². The van der Waals surface area contributed by atoms with Gasteiger partial charge in [0.15, 0.2) is 6.79 Å². The summed E-state index contributed by atoms with van der Waals surface area (Å²) in [6.07, 6.45) is 0. The Kier molecular flexibility index (Phi) is 9.28. The van der Waals surface area contributed by atoms with E-state index in [1.807, 2.05) is 78.9 Å². The van der Waals surface area contributed by atoms with Crippen molar-refractivity contribution in [2.45, 2.75) is 52.7 Å². The van der Waals surface area contributed by atoms with Crippen molar-refractivity contribution in [3.63, 3.8) is 0 Å². The highest BCUT2D eigenvalue weighted by Crippen LogP contribution is 2.51. The number of rotatable bonds is 12. The van der Waals surface area contributed by atoms with Gasteiger partial charge in [-0.2, -0.15) is 0 Å². The molecule has 0 spiro atoms. The van der Waals surface area contributed by atoms with Crippen molar-refractivity contribution in [1.29, 1.82) is 0 Å². The molecule has 5 nitrogen and oxygen atoms in total. The highest BCUT2D eigenvalue weighted by molar-refractivity contribution is 7.48. The molecule has 3 aromatic rings. The van der Waals surface area contributed by atoms with E-state index in [9.17, 15) is 4.57 Å². The number of phosphoric acid groups is 1. The Bertz CT molecular complexity index is 961. The first-order valence-corrected chi connectivity index (χ1v) is 12.7. The van der Waals surface area contributed by atoms with Crippen LogP contribution in [0.4, 0.5) is 0 Å². The molecule has 0 unspecified atom stereocenters. The van der Waals surface area contributed by atoms with E-state index in [4.69, 9.17) is 18.3 Å². The average Bonchev–Trinajstić information content (AvgIpc) is 2.83. The van der Waals surface area contributed by atoms with Gasteiger partial charge in [-0.05, 0) is 34.1 Å². The molecule has 0 bridgehead atoms. The Labute approximate surface area is 197 Å². The topological polar surface area (TPSA) is 54.0 Å². The van der Waals surface area contributed by atoms with Crippen molar-refractivity contribution >= 4 is 7.82 Å². The smallest absolute Gasteiger partial charge is 0.466 e. The quantitative estimate of drug-likeness (QED) is 0.200. The number of hydrogen-bond donors (Lipinski definition) is 0. The molecule has 0 fully saturated rings. The third-order valence-corrected chi connectivity index (χ3v) is 6.51. The second-order valence-corrected chi connectivity index (χ2v) is 10.1. The van der Waals surface area contributed by atoms with E-state index in [-0.39, 0.29) is 31.8 Å². The molecule has 3 aromatic carbocycles. The second-order valence-electron chi connectivity index (χ2n) is 8.43. The zero-order chi connectivity index (χ0) is 23.7. The summed E-state index contributed by atoms with van der Waals surface area (Å²) < 4.78 is 36.4. The van der Waals surface area contributed by atoms with Gasteiger partial charge in [-0.1, -0.05) is 107 Å². The molecule has 0 aliphatic carbocycles. The lowest BCUT2D eigenvalue weighted by molar-refractivity contribution is 0.0433. The average molecular weight is 469 g/mol. The van der Waals surface area contributed by atoms with Gasteiger partial charge in [-0.25, -0.2) is 9.09 Å². The first-order chi connectivity index (χ1) is 15.9. The molecule has 0 atom stereocenters. The van der Waals surface area contributed by atoms with Gasteiger partial charge in [0.25, 0.3) is 0 Å². The van der Waals surface area contributed by atoms with Crippen molar-refractivity contribution in [2.24, 2.45) is 0 Å². The van der Waals surface area contributed by atoms with Crippen LogP contribution >= 0.6 is 7.82 Å². The van der Waals surface area contributed by atoms with Gasteiger partial charge in [-0.3, -0.25) is 9.05 Å². The van der Waals surface area contributed by atoms with Gasteiger partial charge in [0, 0.05) is 0 Å². The van der Waals surface area contributed by atoms with Crippen LogP contribution in [0.3, 0.4) is 0 Å². The number of hydrogen-bond acceptors (Lipinski definition) is 5. The van der Waals surface area contributed by atoms with Gasteiger partial charge >= 0.3 is 7.82 Å². The first kappa shape index (κ1) is 25.2. The van der Waals surface area contributed by atoms with Crippen LogP contribution in [0, 0.1) is 0 Å². The van der Waals surface area contributed by atoms with E-state index < -0.39 is 7.82 Å². The minimum absolute atomic E-state index is 0.104. The lowest BCUT2D eigenvalue weighted by Gasteiger charge is -2.22.